The van der Waals surface area contributed by atoms with Crippen LogP contribution in [0.5, 0.6) is 0 Å². The molecule has 0 fully saturated rings. The smallest absolute Gasteiger partial charge is 0.267 e. The third-order valence-electron chi connectivity index (χ3n) is 3.36. The summed E-state index contributed by atoms with van der Waals surface area (Å²) in [4.78, 5) is 12.2. The SMILES string of the molecule is O=c1c(C(F)(F)F)cc(-c2ccccc2)nn1-c1ccc(Cl)cc1. The standard InChI is InChI=1S/C17H10ClF3N2O/c18-12-6-8-13(9-7-12)23-16(24)14(17(19,20)21)10-15(22-23)11-4-2-1-3-5-11/h1-10H. The van der Waals surface area contributed by atoms with Gasteiger partial charge in [-0.2, -0.15) is 23.0 Å². The zero-order valence-corrected chi connectivity index (χ0v) is 12.8. The number of hydrogen-bond donors (Lipinski definition) is 0. The van der Waals surface area contributed by atoms with Crippen LogP contribution >= 0.6 is 11.6 Å². The Balaban J connectivity index is 2.28. The van der Waals surface area contributed by atoms with E-state index in [0.717, 1.165) is 10.7 Å². The van der Waals surface area contributed by atoms with Gasteiger partial charge in [-0.25, -0.2) is 0 Å². The van der Waals surface area contributed by atoms with Crippen LogP contribution in [-0.4, -0.2) is 9.78 Å². The third-order valence-corrected chi connectivity index (χ3v) is 3.61. The molecule has 0 amide bonds. The lowest BCUT2D eigenvalue weighted by atomic mass is 10.1. The minimum atomic E-state index is -4.78. The molecule has 0 saturated heterocycles. The summed E-state index contributed by atoms with van der Waals surface area (Å²) in [6.45, 7) is 0. The van der Waals surface area contributed by atoms with Gasteiger partial charge < -0.3 is 0 Å². The molecule has 1 aromatic heterocycles. The normalized spacial score (nSPS) is 11.5. The first-order valence-electron chi connectivity index (χ1n) is 6.89. The van der Waals surface area contributed by atoms with E-state index in [4.69, 9.17) is 11.6 Å². The Bertz CT molecular complexity index is 919. The van der Waals surface area contributed by atoms with Crippen LogP contribution in [-0.2, 0) is 6.18 Å². The van der Waals surface area contributed by atoms with Gasteiger partial charge in [-0.15, -0.1) is 0 Å². The summed E-state index contributed by atoms with van der Waals surface area (Å²) < 4.78 is 40.5. The van der Waals surface area contributed by atoms with Crippen LogP contribution in [0.25, 0.3) is 16.9 Å². The minimum absolute atomic E-state index is 0.0532. The van der Waals surface area contributed by atoms with Crippen LogP contribution in [0.4, 0.5) is 13.2 Å². The largest absolute Gasteiger partial charge is 0.421 e. The van der Waals surface area contributed by atoms with Crippen LogP contribution in [0.2, 0.25) is 5.02 Å². The zero-order chi connectivity index (χ0) is 17.3. The van der Waals surface area contributed by atoms with Crippen molar-refractivity contribution in [2.45, 2.75) is 6.18 Å². The van der Waals surface area contributed by atoms with E-state index in [1.807, 2.05) is 0 Å². The van der Waals surface area contributed by atoms with Gasteiger partial charge in [0.15, 0.2) is 0 Å². The first-order chi connectivity index (χ1) is 11.4. The van der Waals surface area contributed by atoms with Gasteiger partial charge in [0.25, 0.3) is 5.56 Å². The third kappa shape index (κ3) is 3.19. The van der Waals surface area contributed by atoms with Crippen molar-refractivity contribution in [3.05, 3.63) is 81.6 Å². The summed E-state index contributed by atoms with van der Waals surface area (Å²) in [5.74, 6) is 0. The van der Waals surface area contributed by atoms with E-state index >= 15 is 0 Å². The number of halogens is 4. The predicted octanol–water partition coefficient (Wildman–Crippen LogP) is 4.57. The zero-order valence-electron chi connectivity index (χ0n) is 12.1. The fourth-order valence-electron chi connectivity index (χ4n) is 2.20. The van der Waals surface area contributed by atoms with Gasteiger partial charge in [-0.05, 0) is 30.3 Å². The highest BCUT2D eigenvalue weighted by molar-refractivity contribution is 6.30. The van der Waals surface area contributed by atoms with Gasteiger partial charge in [0.05, 0.1) is 11.4 Å². The van der Waals surface area contributed by atoms with Crippen LogP contribution in [0.1, 0.15) is 5.56 Å². The van der Waals surface area contributed by atoms with Gasteiger partial charge in [0, 0.05) is 10.6 Å². The van der Waals surface area contributed by atoms with Crippen molar-refractivity contribution < 1.29 is 13.2 Å². The van der Waals surface area contributed by atoms with Gasteiger partial charge in [-0.1, -0.05) is 41.9 Å². The highest BCUT2D eigenvalue weighted by atomic mass is 35.5. The van der Waals surface area contributed by atoms with Crippen LogP contribution < -0.4 is 5.56 Å². The van der Waals surface area contributed by atoms with E-state index in [9.17, 15) is 18.0 Å². The van der Waals surface area contributed by atoms with E-state index in [2.05, 4.69) is 5.10 Å². The summed E-state index contributed by atoms with van der Waals surface area (Å²) >= 11 is 5.78. The molecule has 0 radical (unpaired) electrons. The summed E-state index contributed by atoms with van der Waals surface area (Å²) in [7, 11) is 0. The molecule has 122 valence electrons. The number of nitrogens with zero attached hydrogens (tertiary/aromatic N) is 2. The Morgan fingerprint density at radius 2 is 1.58 bits per heavy atom. The number of hydrogen-bond acceptors (Lipinski definition) is 2. The second kappa shape index (κ2) is 6.13. The van der Waals surface area contributed by atoms with Crippen molar-refractivity contribution >= 4 is 11.6 Å². The van der Waals surface area contributed by atoms with Crippen LogP contribution in [0.15, 0.2) is 65.5 Å². The van der Waals surface area contributed by atoms with Crippen molar-refractivity contribution in [2.75, 3.05) is 0 Å². The number of aromatic nitrogens is 2. The molecular weight excluding hydrogens is 341 g/mol. The molecular formula is C17H10ClF3N2O. The average molecular weight is 351 g/mol. The summed E-state index contributed by atoms with van der Waals surface area (Å²) in [6.07, 6.45) is -4.78. The number of benzene rings is 2. The van der Waals surface area contributed by atoms with Crippen molar-refractivity contribution in [1.82, 2.24) is 9.78 Å². The van der Waals surface area contributed by atoms with Gasteiger partial charge in [0.2, 0.25) is 0 Å². The molecule has 0 aliphatic carbocycles. The minimum Gasteiger partial charge on any atom is -0.267 e. The lowest BCUT2D eigenvalue weighted by Gasteiger charge is -2.12. The lowest BCUT2D eigenvalue weighted by molar-refractivity contribution is -0.138. The van der Waals surface area contributed by atoms with Crippen molar-refractivity contribution in [3.63, 3.8) is 0 Å². The molecule has 1 heterocycles. The Hall–Kier alpha value is -2.60. The molecule has 7 heteroatoms. The van der Waals surface area contributed by atoms with Crippen molar-refractivity contribution in [3.8, 4) is 16.9 Å². The van der Waals surface area contributed by atoms with Crippen molar-refractivity contribution in [1.29, 1.82) is 0 Å². The molecule has 0 aliphatic heterocycles. The molecule has 3 aromatic rings. The highest BCUT2D eigenvalue weighted by Crippen LogP contribution is 2.29. The molecule has 24 heavy (non-hydrogen) atoms. The van der Waals surface area contributed by atoms with Crippen LogP contribution in [0, 0.1) is 0 Å². The second-order valence-electron chi connectivity index (χ2n) is 5.00. The second-order valence-corrected chi connectivity index (χ2v) is 5.44. The Morgan fingerprint density at radius 3 is 2.17 bits per heavy atom. The lowest BCUT2D eigenvalue weighted by Crippen LogP contribution is -2.29. The molecule has 3 nitrogen and oxygen atoms in total. The Kier molecular flexibility index (Phi) is 4.15. The number of rotatable bonds is 2. The molecule has 0 N–H and O–H groups in total. The van der Waals surface area contributed by atoms with Gasteiger partial charge in [0.1, 0.15) is 5.56 Å². The molecule has 2 aromatic carbocycles. The quantitative estimate of drug-likeness (QED) is 0.678. The maximum atomic E-state index is 13.2. The fraction of sp³-hybridized carbons (Fsp3) is 0.0588. The fourth-order valence-corrected chi connectivity index (χ4v) is 2.33. The Labute approximate surface area is 139 Å². The maximum Gasteiger partial charge on any atom is 0.421 e. The number of alkyl halides is 3. The Morgan fingerprint density at radius 1 is 0.958 bits per heavy atom. The topological polar surface area (TPSA) is 34.9 Å². The molecule has 0 atom stereocenters. The maximum absolute atomic E-state index is 13.2. The molecule has 0 aliphatic rings. The van der Waals surface area contributed by atoms with Crippen LogP contribution in [0.3, 0.4) is 0 Å². The first-order valence-corrected chi connectivity index (χ1v) is 7.27. The summed E-state index contributed by atoms with van der Waals surface area (Å²) in [5, 5.41) is 4.48. The van der Waals surface area contributed by atoms with Gasteiger partial charge in [-0.3, -0.25) is 4.79 Å². The van der Waals surface area contributed by atoms with E-state index in [1.165, 1.54) is 24.3 Å². The van der Waals surface area contributed by atoms with Gasteiger partial charge >= 0.3 is 6.18 Å². The molecule has 0 saturated carbocycles. The average Bonchev–Trinajstić information content (AvgIpc) is 2.56. The molecule has 0 spiro atoms. The predicted molar refractivity (Wildman–Crippen MR) is 85.3 cm³/mol. The summed E-state index contributed by atoms with van der Waals surface area (Å²) in [5.41, 5.74) is -1.77. The van der Waals surface area contributed by atoms with Crippen molar-refractivity contribution in [2.24, 2.45) is 0 Å². The van der Waals surface area contributed by atoms with E-state index < -0.39 is 17.3 Å². The molecule has 0 unspecified atom stereocenters. The van der Waals surface area contributed by atoms with E-state index in [-0.39, 0.29) is 11.4 Å². The first kappa shape index (κ1) is 16.3. The molecule has 3 rings (SSSR count). The monoisotopic (exact) mass is 350 g/mol. The molecule has 0 bridgehead atoms. The van der Waals surface area contributed by atoms with E-state index in [0.29, 0.717) is 10.6 Å². The summed E-state index contributed by atoms with van der Waals surface area (Å²) in [6, 6.07) is 15.0. The van der Waals surface area contributed by atoms with E-state index in [1.54, 1.807) is 30.3 Å². The highest BCUT2D eigenvalue weighted by Gasteiger charge is 2.35.